The summed E-state index contributed by atoms with van der Waals surface area (Å²) in [6, 6.07) is 7.90. The van der Waals surface area contributed by atoms with Crippen LogP contribution in [0.4, 0.5) is 0 Å². The molecule has 0 N–H and O–H groups in total. The van der Waals surface area contributed by atoms with Crippen molar-refractivity contribution < 1.29 is 4.52 Å². The molecule has 0 spiro atoms. The van der Waals surface area contributed by atoms with E-state index in [9.17, 15) is 0 Å². The van der Waals surface area contributed by atoms with E-state index in [0.717, 1.165) is 6.42 Å². The minimum Gasteiger partial charge on any atom is -0.332 e. The van der Waals surface area contributed by atoms with Crippen molar-refractivity contribution in [3.63, 3.8) is 0 Å². The van der Waals surface area contributed by atoms with Crippen molar-refractivity contribution in [2.75, 3.05) is 0 Å². The first-order valence-electron chi connectivity index (χ1n) is 7.42. The van der Waals surface area contributed by atoms with Crippen LogP contribution in [0.3, 0.4) is 0 Å². The molecule has 0 atom stereocenters. The van der Waals surface area contributed by atoms with Gasteiger partial charge in [0.15, 0.2) is 0 Å². The molecule has 0 radical (unpaired) electrons. The highest BCUT2D eigenvalue weighted by atomic mass is 16.5. The zero-order chi connectivity index (χ0) is 15.5. The Morgan fingerprint density at radius 1 is 1.09 bits per heavy atom. The summed E-state index contributed by atoms with van der Waals surface area (Å²) in [5.41, 5.74) is 3.76. The lowest BCUT2D eigenvalue weighted by Gasteiger charge is -2.03. The molecule has 3 aromatic rings. The zero-order valence-corrected chi connectivity index (χ0v) is 12.9. The van der Waals surface area contributed by atoms with Gasteiger partial charge in [-0.05, 0) is 41.7 Å². The van der Waals surface area contributed by atoms with E-state index in [4.69, 9.17) is 4.52 Å². The molecule has 0 unspecified atom stereocenters. The van der Waals surface area contributed by atoms with Gasteiger partial charge >= 0.3 is 0 Å². The van der Waals surface area contributed by atoms with Gasteiger partial charge in [0.2, 0.25) is 5.82 Å². The van der Waals surface area contributed by atoms with Crippen LogP contribution in [-0.2, 0) is 6.42 Å². The average molecular weight is 294 g/mol. The molecule has 3 aromatic heterocycles. The Morgan fingerprint density at radius 2 is 1.95 bits per heavy atom. The highest BCUT2D eigenvalue weighted by Gasteiger charge is 2.13. The number of hydrogen-bond acceptors (Lipinski definition) is 5. The normalized spacial score (nSPS) is 11.1. The maximum atomic E-state index is 5.32. The summed E-state index contributed by atoms with van der Waals surface area (Å²) in [4.78, 5) is 13.1. The fourth-order valence-corrected chi connectivity index (χ4v) is 2.12. The van der Waals surface area contributed by atoms with E-state index in [2.05, 4.69) is 40.9 Å². The Balaban J connectivity index is 1.89. The van der Waals surface area contributed by atoms with Crippen molar-refractivity contribution in [2.45, 2.75) is 33.1 Å². The van der Waals surface area contributed by atoms with E-state index in [-0.39, 0.29) is 0 Å². The van der Waals surface area contributed by atoms with Crippen LogP contribution in [0, 0.1) is 0 Å². The maximum Gasteiger partial charge on any atom is 0.276 e. The Bertz CT molecular complexity index is 762. The van der Waals surface area contributed by atoms with Gasteiger partial charge in [-0.25, -0.2) is 0 Å². The summed E-state index contributed by atoms with van der Waals surface area (Å²) >= 11 is 0. The second kappa shape index (κ2) is 6.05. The monoisotopic (exact) mass is 294 g/mol. The third-order valence-corrected chi connectivity index (χ3v) is 3.56. The fraction of sp³-hybridized carbons (Fsp3) is 0.294. The highest BCUT2D eigenvalue weighted by Crippen LogP contribution is 2.21. The molecule has 0 aliphatic heterocycles. The van der Waals surface area contributed by atoms with E-state index in [1.807, 2.05) is 30.5 Å². The zero-order valence-electron chi connectivity index (χ0n) is 12.9. The van der Waals surface area contributed by atoms with Crippen molar-refractivity contribution in [3.05, 3.63) is 47.8 Å². The lowest BCUT2D eigenvalue weighted by Crippen LogP contribution is -1.91. The first-order valence-corrected chi connectivity index (χ1v) is 7.42. The molecular weight excluding hydrogens is 276 g/mol. The van der Waals surface area contributed by atoms with Crippen LogP contribution in [0.25, 0.3) is 23.1 Å². The van der Waals surface area contributed by atoms with E-state index in [1.165, 1.54) is 11.1 Å². The van der Waals surface area contributed by atoms with Crippen LogP contribution in [0.5, 0.6) is 0 Å². The quantitative estimate of drug-likeness (QED) is 0.730. The van der Waals surface area contributed by atoms with Gasteiger partial charge in [0.05, 0.1) is 0 Å². The summed E-state index contributed by atoms with van der Waals surface area (Å²) in [5, 5.41) is 4.01. The second-order valence-electron chi connectivity index (χ2n) is 5.46. The molecule has 0 fully saturated rings. The maximum absolute atomic E-state index is 5.32. The molecule has 5 nitrogen and oxygen atoms in total. The molecule has 5 heteroatoms. The van der Waals surface area contributed by atoms with Crippen LogP contribution in [-0.4, -0.2) is 20.1 Å². The Morgan fingerprint density at radius 3 is 2.64 bits per heavy atom. The predicted octanol–water partition coefficient (Wildman–Crippen LogP) is 3.88. The molecule has 0 aromatic carbocycles. The van der Waals surface area contributed by atoms with Crippen molar-refractivity contribution in [3.8, 4) is 23.1 Å². The molecule has 22 heavy (non-hydrogen) atoms. The van der Waals surface area contributed by atoms with Crippen LogP contribution >= 0.6 is 0 Å². The molecule has 112 valence electrons. The lowest BCUT2D eigenvalue weighted by atomic mass is 10.1. The minimum atomic E-state index is 0.411. The smallest absolute Gasteiger partial charge is 0.276 e. The standard InChI is InChI=1S/C17H18N4O/c1-4-12-7-8-18-15(9-12)16-20-17(22-21-16)14-6-5-13(10-19-14)11(2)3/h5-11H,4H2,1-3H3. The van der Waals surface area contributed by atoms with Crippen molar-refractivity contribution >= 4 is 0 Å². The molecule has 0 bridgehead atoms. The number of aromatic nitrogens is 4. The topological polar surface area (TPSA) is 64.7 Å². The minimum absolute atomic E-state index is 0.411. The summed E-state index contributed by atoms with van der Waals surface area (Å²) in [6.07, 6.45) is 4.55. The molecule has 0 aliphatic carbocycles. The third kappa shape index (κ3) is 2.88. The fourth-order valence-electron chi connectivity index (χ4n) is 2.12. The van der Waals surface area contributed by atoms with E-state index >= 15 is 0 Å². The first kappa shape index (κ1) is 14.4. The van der Waals surface area contributed by atoms with Crippen molar-refractivity contribution in [1.82, 2.24) is 20.1 Å². The number of hydrogen-bond donors (Lipinski definition) is 0. The molecular formula is C17H18N4O. The Labute approximate surface area is 129 Å². The Hall–Kier alpha value is -2.56. The number of aryl methyl sites for hydroxylation is 1. The molecule has 3 heterocycles. The SMILES string of the molecule is CCc1ccnc(-c2noc(-c3ccc(C(C)C)cn3)n2)c1. The first-order chi connectivity index (χ1) is 10.7. The van der Waals surface area contributed by atoms with Crippen molar-refractivity contribution in [1.29, 1.82) is 0 Å². The Kier molecular flexibility index (Phi) is 3.96. The predicted molar refractivity (Wildman–Crippen MR) is 84.2 cm³/mol. The van der Waals surface area contributed by atoms with Gasteiger partial charge < -0.3 is 4.52 Å². The van der Waals surface area contributed by atoms with E-state index in [0.29, 0.717) is 29.0 Å². The number of rotatable bonds is 4. The summed E-state index contributed by atoms with van der Waals surface area (Å²) in [7, 11) is 0. The third-order valence-electron chi connectivity index (χ3n) is 3.56. The summed E-state index contributed by atoms with van der Waals surface area (Å²) in [6.45, 7) is 6.36. The molecule has 0 amide bonds. The molecule has 0 saturated carbocycles. The van der Waals surface area contributed by atoms with Gasteiger partial charge in [0, 0.05) is 12.4 Å². The van der Waals surface area contributed by atoms with Crippen LogP contribution in [0.1, 0.15) is 37.8 Å². The van der Waals surface area contributed by atoms with E-state index < -0.39 is 0 Å². The van der Waals surface area contributed by atoms with Crippen LogP contribution < -0.4 is 0 Å². The van der Waals surface area contributed by atoms with Gasteiger partial charge in [0.25, 0.3) is 5.89 Å². The van der Waals surface area contributed by atoms with Gasteiger partial charge in [-0.1, -0.05) is 32.0 Å². The molecule has 0 saturated heterocycles. The van der Waals surface area contributed by atoms with Crippen LogP contribution in [0.15, 0.2) is 41.2 Å². The van der Waals surface area contributed by atoms with Gasteiger partial charge in [-0.15, -0.1) is 0 Å². The van der Waals surface area contributed by atoms with Gasteiger partial charge in [-0.2, -0.15) is 4.98 Å². The molecule has 3 rings (SSSR count). The van der Waals surface area contributed by atoms with E-state index in [1.54, 1.807) is 6.20 Å². The summed E-state index contributed by atoms with van der Waals surface area (Å²) < 4.78 is 5.32. The second-order valence-corrected chi connectivity index (χ2v) is 5.46. The summed E-state index contributed by atoms with van der Waals surface area (Å²) in [5.74, 6) is 1.34. The lowest BCUT2D eigenvalue weighted by molar-refractivity contribution is 0.430. The van der Waals surface area contributed by atoms with Gasteiger partial charge in [0.1, 0.15) is 11.4 Å². The number of nitrogens with zero attached hydrogens (tertiary/aromatic N) is 4. The highest BCUT2D eigenvalue weighted by molar-refractivity contribution is 5.54. The molecule has 0 aliphatic rings. The largest absolute Gasteiger partial charge is 0.332 e. The number of pyridine rings is 2. The average Bonchev–Trinajstić information content (AvgIpc) is 3.05. The van der Waals surface area contributed by atoms with Crippen LogP contribution in [0.2, 0.25) is 0 Å². The van der Waals surface area contributed by atoms with Crippen molar-refractivity contribution in [2.24, 2.45) is 0 Å². The van der Waals surface area contributed by atoms with Gasteiger partial charge in [-0.3, -0.25) is 9.97 Å².